The standard InChI is InChI=1S/C15H25NOS/c1-11(2)9-18-10-14(16)13-7-5-6-8-15(13)17-12(3)4/h5-8,11-12,14H,9-10,16H2,1-4H3. The summed E-state index contributed by atoms with van der Waals surface area (Å²) in [5, 5.41) is 0. The maximum atomic E-state index is 6.26. The number of benzene rings is 1. The van der Waals surface area contributed by atoms with E-state index in [4.69, 9.17) is 10.5 Å². The average molecular weight is 267 g/mol. The first-order valence-electron chi connectivity index (χ1n) is 6.59. The number of ether oxygens (including phenoxy) is 1. The zero-order chi connectivity index (χ0) is 13.5. The molecule has 18 heavy (non-hydrogen) atoms. The quantitative estimate of drug-likeness (QED) is 0.814. The van der Waals surface area contributed by atoms with E-state index >= 15 is 0 Å². The van der Waals surface area contributed by atoms with Crippen molar-refractivity contribution < 1.29 is 4.74 Å². The third kappa shape index (κ3) is 5.32. The number of nitrogens with two attached hydrogens (primary N) is 1. The van der Waals surface area contributed by atoms with Crippen molar-refractivity contribution in [1.82, 2.24) is 0 Å². The van der Waals surface area contributed by atoms with Crippen molar-refractivity contribution in [3.63, 3.8) is 0 Å². The van der Waals surface area contributed by atoms with Crippen LogP contribution in [0.2, 0.25) is 0 Å². The molecular formula is C15H25NOS. The number of rotatable bonds is 7. The van der Waals surface area contributed by atoms with E-state index in [1.54, 1.807) is 0 Å². The Hall–Kier alpha value is -0.670. The van der Waals surface area contributed by atoms with Crippen molar-refractivity contribution in [2.24, 2.45) is 11.7 Å². The fourth-order valence-electron chi connectivity index (χ4n) is 1.67. The van der Waals surface area contributed by atoms with Gasteiger partial charge in [-0.1, -0.05) is 32.0 Å². The number of hydrogen-bond acceptors (Lipinski definition) is 3. The molecule has 0 bridgehead atoms. The van der Waals surface area contributed by atoms with Gasteiger partial charge in [-0.3, -0.25) is 0 Å². The first-order valence-corrected chi connectivity index (χ1v) is 7.75. The molecule has 0 spiro atoms. The second-order valence-electron chi connectivity index (χ2n) is 5.24. The van der Waals surface area contributed by atoms with Crippen molar-refractivity contribution >= 4 is 11.8 Å². The SMILES string of the molecule is CC(C)CSCC(N)c1ccccc1OC(C)C. The van der Waals surface area contributed by atoms with E-state index in [1.165, 1.54) is 0 Å². The predicted octanol–water partition coefficient (Wildman–Crippen LogP) is 3.86. The largest absolute Gasteiger partial charge is 0.491 e. The van der Waals surface area contributed by atoms with Crippen LogP contribution in [-0.2, 0) is 0 Å². The van der Waals surface area contributed by atoms with E-state index in [1.807, 2.05) is 43.8 Å². The fourth-order valence-corrected chi connectivity index (χ4v) is 2.71. The minimum Gasteiger partial charge on any atom is -0.491 e. The number of thioether (sulfide) groups is 1. The molecular weight excluding hydrogens is 242 g/mol. The number of para-hydroxylation sites is 1. The molecule has 1 aromatic rings. The molecule has 1 atom stereocenters. The van der Waals surface area contributed by atoms with Gasteiger partial charge in [0.1, 0.15) is 5.75 Å². The monoisotopic (exact) mass is 267 g/mol. The third-order valence-electron chi connectivity index (χ3n) is 2.43. The summed E-state index contributed by atoms with van der Waals surface area (Å²) in [5.74, 6) is 3.73. The minimum absolute atomic E-state index is 0.0451. The van der Waals surface area contributed by atoms with Crippen LogP contribution in [0.15, 0.2) is 24.3 Å². The van der Waals surface area contributed by atoms with Gasteiger partial charge in [0.25, 0.3) is 0 Å². The molecule has 0 aliphatic rings. The molecule has 1 rings (SSSR count). The Morgan fingerprint density at radius 1 is 1.11 bits per heavy atom. The molecule has 0 heterocycles. The topological polar surface area (TPSA) is 35.2 Å². The molecule has 1 unspecified atom stereocenters. The smallest absolute Gasteiger partial charge is 0.124 e. The van der Waals surface area contributed by atoms with Crippen LogP contribution in [0.3, 0.4) is 0 Å². The molecule has 1 aromatic carbocycles. The van der Waals surface area contributed by atoms with Crippen molar-refractivity contribution in [2.45, 2.75) is 39.8 Å². The minimum atomic E-state index is 0.0451. The molecule has 0 aliphatic carbocycles. The lowest BCUT2D eigenvalue weighted by Crippen LogP contribution is -2.17. The van der Waals surface area contributed by atoms with Gasteiger partial charge in [-0.05, 0) is 31.6 Å². The second kappa shape index (κ2) is 7.70. The third-order valence-corrected chi connectivity index (χ3v) is 3.93. The van der Waals surface area contributed by atoms with Gasteiger partial charge in [0, 0.05) is 17.4 Å². The average Bonchev–Trinajstić information content (AvgIpc) is 2.28. The van der Waals surface area contributed by atoms with E-state index in [9.17, 15) is 0 Å². The van der Waals surface area contributed by atoms with Gasteiger partial charge in [0.2, 0.25) is 0 Å². The van der Waals surface area contributed by atoms with E-state index in [-0.39, 0.29) is 12.1 Å². The van der Waals surface area contributed by atoms with E-state index in [2.05, 4.69) is 19.9 Å². The zero-order valence-corrected chi connectivity index (χ0v) is 12.7. The van der Waals surface area contributed by atoms with Crippen LogP contribution in [0.4, 0.5) is 0 Å². The van der Waals surface area contributed by atoms with E-state index < -0.39 is 0 Å². The molecule has 0 aliphatic heterocycles. The second-order valence-corrected chi connectivity index (χ2v) is 6.32. The maximum Gasteiger partial charge on any atom is 0.124 e. The van der Waals surface area contributed by atoms with E-state index in [0.717, 1.165) is 22.8 Å². The summed E-state index contributed by atoms with van der Waals surface area (Å²) >= 11 is 1.91. The van der Waals surface area contributed by atoms with Gasteiger partial charge in [0.05, 0.1) is 6.10 Å². The van der Waals surface area contributed by atoms with Gasteiger partial charge in [-0.2, -0.15) is 11.8 Å². The molecule has 0 radical (unpaired) electrons. The van der Waals surface area contributed by atoms with Gasteiger partial charge in [0.15, 0.2) is 0 Å². The van der Waals surface area contributed by atoms with Gasteiger partial charge >= 0.3 is 0 Å². The molecule has 0 saturated carbocycles. The molecule has 2 N–H and O–H groups in total. The van der Waals surface area contributed by atoms with Gasteiger partial charge in [-0.25, -0.2) is 0 Å². The Balaban J connectivity index is 2.63. The van der Waals surface area contributed by atoms with Crippen LogP contribution in [0.5, 0.6) is 5.75 Å². The first kappa shape index (κ1) is 15.4. The molecule has 0 saturated heterocycles. The van der Waals surface area contributed by atoms with Gasteiger partial charge < -0.3 is 10.5 Å². The Labute approximate surface area is 115 Å². The first-order chi connectivity index (χ1) is 8.50. The highest BCUT2D eigenvalue weighted by molar-refractivity contribution is 7.99. The van der Waals surface area contributed by atoms with Crippen molar-refractivity contribution in [2.75, 3.05) is 11.5 Å². The Morgan fingerprint density at radius 2 is 1.78 bits per heavy atom. The molecule has 102 valence electrons. The molecule has 0 fully saturated rings. The normalized spacial score (nSPS) is 13.1. The summed E-state index contributed by atoms with van der Waals surface area (Å²) in [6.07, 6.45) is 0.182. The fraction of sp³-hybridized carbons (Fsp3) is 0.600. The summed E-state index contributed by atoms with van der Waals surface area (Å²) in [4.78, 5) is 0. The summed E-state index contributed by atoms with van der Waals surface area (Å²) in [6, 6.07) is 8.13. The van der Waals surface area contributed by atoms with E-state index in [0.29, 0.717) is 5.92 Å². The number of hydrogen-bond donors (Lipinski definition) is 1. The maximum absolute atomic E-state index is 6.26. The van der Waals surface area contributed by atoms with Crippen LogP contribution in [0, 0.1) is 5.92 Å². The van der Waals surface area contributed by atoms with Crippen LogP contribution in [-0.4, -0.2) is 17.6 Å². The highest BCUT2D eigenvalue weighted by atomic mass is 32.2. The Morgan fingerprint density at radius 3 is 2.39 bits per heavy atom. The Bertz CT molecular complexity index is 352. The lowest BCUT2D eigenvalue weighted by atomic mass is 10.1. The molecule has 2 nitrogen and oxygen atoms in total. The summed E-state index contributed by atoms with van der Waals surface area (Å²) in [5.41, 5.74) is 7.37. The Kier molecular flexibility index (Phi) is 6.58. The van der Waals surface area contributed by atoms with Gasteiger partial charge in [-0.15, -0.1) is 0 Å². The molecule has 0 amide bonds. The zero-order valence-electron chi connectivity index (χ0n) is 11.8. The lowest BCUT2D eigenvalue weighted by Gasteiger charge is -2.18. The van der Waals surface area contributed by atoms with Crippen LogP contribution in [0.25, 0.3) is 0 Å². The predicted molar refractivity (Wildman–Crippen MR) is 81.3 cm³/mol. The van der Waals surface area contributed by atoms with Crippen molar-refractivity contribution in [3.8, 4) is 5.75 Å². The molecule has 3 heteroatoms. The van der Waals surface area contributed by atoms with Crippen molar-refractivity contribution in [1.29, 1.82) is 0 Å². The molecule has 0 aromatic heterocycles. The summed E-state index contributed by atoms with van der Waals surface area (Å²) in [6.45, 7) is 8.54. The van der Waals surface area contributed by atoms with Crippen molar-refractivity contribution in [3.05, 3.63) is 29.8 Å². The lowest BCUT2D eigenvalue weighted by molar-refractivity contribution is 0.239. The van der Waals surface area contributed by atoms with Crippen LogP contribution >= 0.6 is 11.8 Å². The summed E-state index contributed by atoms with van der Waals surface area (Å²) in [7, 11) is 0. The van der Waals surface area contributed by atoms with Crippen LogP contribution in [0.1, 0.15) is 39.3 Å². The highest BCUT2D eigenvalue weighted by Crippen LogP contribution is 2.27. The van der Waals surface area contributed by atoms with Crippen LogP contribution < -0.4 is 10.5 Å². The highest BCUT2D eigenvalue weighted by Gasteiger charge is 2.12. The summed E-state index contributed by atoms with van der Waals surface area (Å²) < 4.78 is 5.80.